The molecule has 1 atom stereocenters. The van der Waals surface area contributed by atoms with E-state index >= 15 is 0 Å². The molecule has 0 saturated carbocycles. The molecule has 0 aliphatic carbocycles. The second-order valence-electron chi connectivity index (χ2n) is 6.79. The maximum Gasteiger partial charge on any atom is 0.253 e. The van der Waals surface area contributed by atoms with Crippen LogP contribution in [0.15, 0.2) is 48.5 Å². The zero-order chi connectivity index (χ0) is 19.8. The van der Waals surface area contributed by atoms with Crippen molar-refractivity contribution in [3.8, 4) is 0 Å². The van der Waals surface area contributed by atoms with Crippen LogP contribution in [0.5, 0.6) is 0 Å². The molecule has 4 rings (SSSR count). The lowest BCUT2D eigenvalue weighted by Gasteiger charge is -2.18. The summed E-state index contributed by atoms with van der Waals surface area (Å²) in [6, 6.07) is 11.3. The molecule has 0 radical (unpaired) electrons. The number of pyridine rings is 1. The minimum Gasteiger partial charge on any atom is -0.347 e. The van der Waals surface area contributed by atoms with Crippen LogP contribution in [0.4, 0.5) is 14.5 Å². The average Bonchev–Trinajstić information content (AvgIpc) is 3.01. The first-order chi connectivity index (χ1) is 13.4. The number of hydrogen-bond acceptors (Lipinski definition) is 3. The molecule has 142 valence electrons. The Hall–Kier alpha value is -3.35. The van der Waals surface area contributed by atoms with Gasteiger partial charge in [-0.3, -0.25) is 14.6 Å². The summed E-state index contributed by atoms with van der Waals surface area (Å²) in [5.74, 6) is -1.55. The quantitative estimate of drug-likeness (QED) is 0.757. The zero-order valence-electron chi connectivity index (χ0n) is 15.1. The van der Waals surface area contributed by atoms with Crippen LogP contribution >= 0.6 is 0 Å². The van der Waals surface area contributed by atoms with Crippen LogP contribution in [-0.4, -0.2) is 29.4 Å². The van der Waals surface area contributed by atoms with Gasteiger partial charge in [-0.25, -0.2) is 8.78 Å². The van der Waals surface area contributed by atoms with Gasteiger partial charge >= 0.3 is 0 Å². The van der Waals surface area contributed by atoms with Crippen LogP contribution in [-0.2, 0) is 4.79 Å². The largest absolute Gasteiger partial charge is 0.347 e. The molecule has 28 heavy (non-hydrogen) atoms. The number of carbonyl (C=O) groups excluding carboxylic acids is 2. The molecule has 7 heteroatoms. The minimum atomic E-state index is -0.487. The monoisotopic (exact) mass is 381 g/mol. The predicted octanol–water partition coefficient (Wildman–Crippen LogP) is 3.36. The molecule has 0 spiro atoms. The number of para-hydroxylation sites is 1. The van der Waals surface area contributed by atoms with Crippen molar-refractivity contribution in [1.29, 1.82) is 0 Å². The summed E-state index contributed by atoms with van der Waals surface area (Å²) >= 11 is 0. The number of aryl methyl sites for hydroxylation is 1. The number of amides is 2. The Kier molecular flexibility index (Phi) is 4.50. The van der Waals surface area contributed by atoms with E-state index < -0.39 is 23.6 Å². The van der Waals surface area contributed by atoms with Crippen LogP contribution in [0.1, 0.15) is 22.5 Å². The summed E-state index contributed by atoms with van der Waals surface area (Å²) in [6.45, 7) is 1.88. The van der Waals surface area contributed by atoms with Crippen molar-refractivity contribution in [2.75, 3.05) is 11.4 Å². The minimum absolute atomic E-state index is 0.0781. The van der Waals surface area contributed by atoms with E-state index in [4.69, 9.17) is 0 Å². The number of fused-ring (bicyclic) bond motifs is 1. The number of nitrogens with zero attached hydrogens (tertiary/aromatic N) is 2. The van der Waals surface area contributed by atoms with Crippen LogP contribution in [0.25, 0.3) is 10.9 Å². The van der Waals surface area contributed by atoms with Crippen molar-refractivity contribution in [2.24, 2.45) is 0 Å². The van der Waals surface area contributed by atoms with Gasteiger partial charge in [0.2, 0.25) is 5.91 Å². The summed E-state index contributed by atoms with van der Waals surface area (Å²) < 4.78 is 27.5. The molecule has 5 nitrogen and oxygen atoms in total. The normalized spacial score (nSPS) is 16.6. The number of anilines is 1. The molecular formula is C21H17F2N3O2. The van der Waals surface area contributed by atoms with Gasteiger partial charge in [0, 0.05) is 18.4 Å². The summed E-state index contributed by atoms with van der Waals surface area (Å²) in [4.78, 5) is 30.7. The molecule has 1 aromatic heterocycles. The predicted molar refractivity (Wildman–Crippen MR) is 101 cm³/mol. The van der Waals surface area contributed by atoms with E-state index in [-0.39, 0.29) is 24.6 Å². The maximum atomic E-state index is 14.0. The number of hydrogen-bond donors (Lipinski definition) is 1. The molecule has 2 aromatic carbocycles. The fraction of sp³-hybridized carbons (Fsp3) is 0.190. The van der Waals surface area contributed by atoms with E-state index in [2.05, 4.69) is 10.3 Å². The highest BCUT2D eigenvalue weighted by atomic mass is 19.1. The third kappa shape index (κ3) is 3.31. The molecule has 1 aliphatic heterocycles. The number of aromatic nitrogens is 1. The molecule has 2 amide bonds. The van der Waals surface area contributed by atoms with E-state index in [1.807, 2.05) is 0 Å². The van der Waals surface area contributed by atoms with Gasteiger partial charge < -0.3 is 10.2 Å². The lowest BCUT2D eigenvalue weighted by Crippen LogP contribution is -2.37. The topological polar surface area (TPSA) is 62.3 Å². The van der Waals surface area contributed by atoms with Gasteiger partial charge in [0.05, 0.1) is 28.5 Å². The van der Waals surface area contributed by atoms with Crippen LogP contribution in [0.3, 0.4) is 0 Å². The highest BCUT2D eigenvalue weighted by Crippen LogP contribution is 2.25. The summed E-state index contributed by atoms with van der Waals surface area (Å²) in [6.07, 6.45) is 0.0781. The van der Waals surface area contributed by atoms with Crippen molar-refractivity contribution < 1.29 is 18.4 Å². The van der Waals surface area contributed by atoms with Crippen LogP contribution < -0.4 is 10.2 Å². The van der Waals surface area contributed by atoms with E-state index in [1.54, 1.807) is 31.2 Å². The van der Waals surface area contributed by atoms with E-state index in [0.29, 0.717) is 22.2 Å². The number of carbonyl (C=O) groups is 2. The van der Waals surface area contributed by atoms with Gasteiger partial charge in [-0.15, -0.1) is 0 Å². The Morgan fingerprint density at radius 1 is 1.18 bits per heavy atom. The van der Waals surface area contributed by atoms with Crippen molar-refractivity contribution in [2.45, 2.75) is 19.4 Å². The Morgan fingerprint density at radius 2 is 1.96 bits per heavy atom. The third-order valence-corrected chi connectivity index (χ3v) is 4.82. The first kappa shape index (κ1) is 18.0. The van der Waals surface area contributed by atoms with Crippen molar-refractivity contribution in [1.82, 2.24) is 10.3 Å². The first-order valence-corrected chi connectivity index (χ1v) is 8.85. The lowest BCUT2D eigenvalue weighted by atomic mass is 10.1. The van der Waals surface area contributed by atoms with Crippen molar-refractivity contribution in [3.05, 3.63) is 71.4 Å². The van der Waals surface area contributed by atoms with Crippen LogP contribution in [0, 0.1) is 18.6 Å². The second-order valence-corrected chi connectivity index (χ2v) is 6.79. The number of rotatable bonds is 3. The van der Waals surface area contributed by atoms with Gasteiger partial charge in [-0.1, -0.05) is 12.1 Å². The lowest BCUT2D eigenvalue weighted by molar-refractivity contribution is -0.117. The average molecular weight is 381 g/mol. The fourth-order valence-electron chi connectivity index (χ4n) is 3.44. The molecule has 0 bridgehead atoms. The first-order valence-electron chi connectivity index (χ1n) is 8.85. The highest BCUT2D eigenvalue weighted by molar-refractivity contribution is 6.01. The fourth-order valence-corrected chi connectivity index (χ4v) is 3.44. The zero-order valence-corrected chi connectivity index (χ0v) is 15.1. The van der Waals surface area contributed by atoms with Crippen molar-refractivity contribution >= 4 is 28.4 Å². The van der Waals surface area contributed by atoms with Gasteiger partial charge in [0.15, 0.2) is 0 Å². The number of benzene rings is 2. The molecule has 1 unspecified atom stereocenters. The van der Waals surface area contributed by atoms with Gasteiger partial charge in [-0.2, -0.15) is 0 Å². The molecule has 1 fully saturated rings. The molecule has 1 N–H and O–H groups in total. The SMILES string of the molecule is Cc1nc2ccc(F)cc2cc1C(=O)NC1CC(=O)N(c2ccccc2F)C1. The smallest absolute Gasteiger partial charge is 0.253 e. The van der Waals surface area contributed by atoms with Crippen molar-refractivity contribution in [3.63, 3.8) is 0 Å². The van der Waals surface area contributed by atoms with Gasteiger partial charge in [0.1, 0.15) is 11.6 Å². The highest BCUT2D eigenvalue weighted by Gasteiger charge is 2.33. The number of halogens is 2. The Labute approximate surface area is 160 Å². The molecule has 3 aromatic rings. The Bertz CT molecular complexity index is 1100. The molecule has 1 saturated heterocycles. The molecule has 1 aliphatic rings. The van der Waals surface area contributed by atoms with Gasteiger partial charge in [-0.05, 0) is 43.3 Å². The summed E-state index contributed by atoms with van der Waals surface area (Å²) in [5.41, 5.74) is 1.61. The van der Waals surface area contributed by atoms with Gasteiger partial charge in [0.25, 0.3) is 5.91 Å². The summed E-state index contributed by atoms with van der Waals surface area (Å²) in [5, 5.41) is 3.33. The third-order valence-electron chi connectivity index (χ3n) is 4.82. The van der Waals surface area contributed by atoms with E-state index in [1.165, 1.54) is 29.2 Å². The Morgan fingerprint density at radius 3 is 2.75 bits per heavy atom. The Balaban J connectivity index is 1.54. The van der Waals surface area contributed by atoms with E-state index in [9.17, 15) is 18.4 Å². The second kappa shape index (κ2) is 6.99. The maximum absolute atomic E-state index is 14.0. The number of nitrogens with one attached hydrogen (secondary N) is 1. The van der Waals surface area contributed by atoms with Crippen LogP contribution in [0.2, 0.25) is 0 Å². The summed E-state index contributed by atoms with van der Waals surface area (Å²) in [7, 11) is 0. The molecular weight excluding hydrogens is 364 g/mol. The van der Waals surface area contributed by atoms with E-state index in [0.717, 1.165) is 0 Å². The molecule has 2 heterocycles. The standard InChI is InChI=1S/C21H17F2N3O2/c1-12-16(9-13-8-14(22)6-7-18(13)24-12)21(28)25-15-10-20(27)26(11-15)19-5-3-2-4-17(19)23/h2-9,15H,10-11H2,1H3,(H,25,28).